The van der Waals surface area contributed by atoms with Gasteiger partial charge in [0.05, 0.1) is 17.6 Å². The third kappa shape index (κ3) is 12.8. The van der Waals surface area contributed by atoms with Crippen LogP contribution in [-0.4, -0.2) is 55.7 Å². The average Bonchev–Trinajstić information content (AvgIpc) is 2.58. The molecule has 0 amide bonds. The van der Waals surface area contributed by atoms with Gasteiger partial charge in [0.1, 0.15) is 0 Å². The molecule has 4 nitrogen and oxygen atoms in total. The summed E-state index contributed by atoms with van der Waals surface area (Å²) in [6.45, 7) is 4.06. The van der Waals surface area contributed by atoms with Crippen molar-refractivity contribution in [3.8, 4) is 0 Å². The first-order chi connectivity index (χ1) is 12.0. The minimum atomic E-state index is -2.82. The lowest BCUT2D eigenvalue weighted by atomic mass is 10.0. The predicted molar refractivity (Wildman–Crippen MR) is 107 cm³/mol. The Balaban J connectivity index is 1.85. The van der Waals surface area contributed by atoms with Gasteiger partial charge in [-0.05, 0) is 6.42 Å². The standard InChI is InChI=1S/C20H41NO3S/c1-2-3-4-5-6-7-8-9-10-11-12-13-14-20(22)19-21-15-17-25(23,24)18-16-21/h20,22H,2-19H2,1H3. The smallest absolute Gasteiger partial charge is 0.152 e. The summed E-state index contributed by atoms with van der Waals surface area (Å²) in [7, 11) is -2.82. The van der Waals surface area contributed by atoms with Gasteiger partial charge >= 0.3 is 0 Å². The summed E-state index contributed by atoms with van der Waals surface area (Å²) in [4.78, 5) is 2.09. The van der Waals surface area contributed by atoms with Crippen molar-refractivity contribution in [1.82, 2.24) is 4.90 Å². The number of hydrogen-bond acceptors (Lipinski definition) is 4. The van der Waals surface area contributed by atoms with E-state index in [0.717, 1.165) is 12.8 Å². The van der Waals surface area contributed by atoms with Gasteiger partial charge in [-0.25, -0.2) is 8.42 Å². The Kier molecular flexibility index (Phi) is 12.8. The summed E-state index contributed by atoms with van der Waals surface area (Å²) in [6.07, 6.45) is 16.5. The molecule has 1 heterocycles. The van der Waals surface area contributed by atoms with Gasteiger partial charge in [-0.1, -0.05) is 84.0 Å². The van der Waals surface area contributed by atoms with Gasteiger partial charge in [0.2, 0.25) is 0 Å². The minimum Gasteiger partial charge on any atom is -0.392 e. The maximum atomic E-state index is 11.4. The molecule has 0 bridgehead atoms. The number of nitrogens with zero attached hydrogens (tertiary/aromatic N) is 1. The Bertz CT molecular complexity index is 397. The number of sulfone groups is 1. The van der Waals surface area contributed by atoms with Crippen molar-refractivity contribution in [3.05, 3.63) is 0 Å². The summed E-state index contributed by atoms with van der Waals surface area (Å²) < 4.78 is 22.8. The van der Waals surface area contributed by atoms with Crippen molar-refractivity contribution in [2.75, 3.05) is 31.1 Å². The van der Waals surface area contributed by atoms with Gasteiger partial charge in [0, 0.05) is 19.6 Å². The monoisotopic (exact) mass is 375 g/mol. The SMILES string of the molecule is CCCCCCCCCCCCCCC(O)CN1CCS(=O)(=O)CC1. The molecule has 0 radical (unpaired) electrons. The van der Waals surface area contributed by atoms with Gasteiger partial charge in [-0.15, -0.1) is 0 Å². The lowest BCUT2D eigenvalue weighted by molar-refractivity contribution is 0.107. The summed E-state index contributed by atoms with van der Waals surface area (Å²) in [5, 5.41) is 10.1. The molecule has 25 heavy (non-hydrogen) atoms. The molecule has 150 valence electrons. The maximum absolute atomic E-state index is 11.4. The fourth-order valence-electron chi connectivity index (χ4n) is 3.54. The highest BCUT2D eigenvalue weighted by Gasteiger charge is 2.22. The zero-order valence-electron chi connectivity index (χ0n) is 16.4. The van der Waals surface area contributed by atoms with Crippen molar-refractivity contribution in [2.45, 2.75) is 96.5 Å². The van der Waals surface area contributed by atoms with E-state index in [1.807, 2.05) is 0 Å². The van der Waals surface area contributed by atoms with E-state index in [1.54, 1.807) is 0 Å². The number of aliphatic hydroxyl groups is 1. The van der Waals surface area contributed by atoms with Crippen molar-refractivity contribution in [2.24, 2.45) is 0 Å². The van der Waals surface area contributed by atoms with Crippen molar-refractivity contribution >= 4 is 9.84 Å². The number of rotatable bonds is 15. The van der Waals surface area contributed by atoms with E-state index in [4.69, 9.17) is 0 Å². The fourth-order valence-corrected chi connectivity index (χ4v) is 4.82. The molecule has 0 aromatic heterocycles. The molecule has 0 spiro atoms. The van der Waals surface area contributed by atoms with Crippen LogP contribution < -0.4 is 0 Å². The molecule has 1 fully saturated rings. The van der Waals surface area contributed by atoms with Crippen LogP contribution in [0.25, 0.3) is 0 Å². The van der Waals surface area contributed by atoms with Crippen molar-refractivity contribution in [3.63, 3.8) is 0 Å². The summed E-state index contributed by atoms with van der Waals surface area (Å²) in [6, 6.07) is 0. The zero-order chi connectivity index (χ0) is 18.4. The van der Waals surface area contributed by atoms with Crippen LogP contribution in [0.5, 0.6) is 0 Å². The highest BCUT2D eigenvalue weighted by molar-refractivity contribution is 7.91. The normalized spacial score (nSPS) is 19.1. The van der Waals surface area contributed by atoms with E-state index < -0.39 is 9.84 Å². The van der Waals surface area contributed by atoms with Crippen molar-refractivity contribution in [1.29, 1.82) is 0 Å². The van der Waals surface area contributed by atoms with Gasteiger partial charge in [-0.3, -0.25) is 4.90 Å². The molecular weight excluding hydrogens is 334 g/mol. The summed E-state index contributed by atoms with van der Waals surface area (Å²) in [5.74, 6) is 0.497. The number of unbranched alkanes of at least 4 members (excludes halogenated alkanes) is 11. The van der Waals surface area contributed by atoms with Gasteiger partial charge in [0.15, 0.2) is 9.84 Å². The molecule has 5 heteroatoms. The van der Waals surface area contributed by atoms with Crippen LogP contribution in [0.15, 0.2) is 0 Å². The van der Waals surface area contributed by atoms with E-state index in [0.29, 0.717) is 19.6 Å². The van der Waals surface area contributed by atoms with E-state index in [9.17, 15) is 13.5 Å². The van der Waals surface area contributed by atoms with Gasteiger partial charge < -0.3 is 5.11 Å². The second-order valence-corrected chi connectivity index (χ2v) is 10.1. The molecule has 1 atom stereocenters. The fraction of sp³-hybridized carbons (Fsp3) is 1.00. The Hall–Kier alpha value is -0.130. The van der Waals surface area contributed by atoms with E-state index in [-0.39, 0.29) is 17.6 Å². The zero-order valence-corrected chi connectivity index (χ0v) is 17.2. The number of β-amino-alcohol motifs (C(OH)–C–C–N with tert-alkyl or cyclic N) is 1. The quantitative estimate of drug-likeness (QED) is 0.437. The molecule has 1 rings (SSSR count). The van der Waals surface area contributed by atoms with Crippen LogP contribution in [0.3, 0.4) is 0 Å². The van der Waals surface area contributed by atoms with Crippen LogP contribution >= 0.6 is 0 Å². The Morgan fingerprint density at radius 1 is 0.800 bits per heavy atom. The molecule has 1 aliphatic rings. The first-order valence-electron chi connectivity index (χ1n) is 10.6. The molecule has 0 aromatic carbocycles. The van der Waals surface area contributed by atoms with Gasteiger partial charge in [-0.2, -0.15) is 0 Å². The second kappa shape index (κ2) is 14.0. The van der Waals surface area contributed by atoms with Crippen LogP contribution in [-0.2, 0) is 9.84 Å². The molecule has 0 saturated carbocycles. The second-order valence-electron chi connectivity index (χ2n) is 7.78. The lowest BCUT2D eigenvalue weighted by Crippen LogP contribution is -2.43. The Morgan fingerprint density at radius 2 is 1.24 bits per heavy atom. The van der Waals surface area contributed by atoms with Crippen LogP contribution in [0.4, 0.5) is 0 Å². The van der Waals surface area contributed by atoms with Crippen molar-refractivity contribution < 1.29 is 13.5 Å². The van der Waals surface area contributed by atoms with E-state index >= 15 is 0 Å². The Labute approximate surface area is 156 Å². The summed E-state index contributed by atoms with van der Waals surface area (Å²) in [5.41, 5.74) is 0. The van der Waals surface area contributed by atoms with Crippen LogP contribution in [0.1, 0.15) is 90.4 Å². The molecule has 1 aliphatic heterocycles. The maximum Gasteiger partial charge on any atom is 0.152 e. The molecule has 0 aliphatic carbocycles. The van der Waals surface area contributed by atoms with Crippen LogP contribution in [0.2, 0.25) is 0 Å². The number of aliphatic hydroxyl groups excluding tert-OH is 1. The molecule has 0 aromatic rings. The topological polar surface area (TPSA) is 57.6 Å². The van der Waals surface area contributed by atoms with Crippen LogP contribution in [0, 0.1) is 0 Å². The van der Waals surface area contributed by atoms with E-state index in [1.165, 1.54) is 70.6 Å². The molecule has 1 unspecified atom stereocenters. The molecule has 1 saturated heterocycles. The molecule has 1 N–H and O–H groups in total. The average molecular weight is 376 g/mol. The largest absolute Gasteiger partial charge is 0.392 e. The number of hydrogen-bond donors (Lipinski definition) is 1. The predicted octanol–water partition coefficient (Wildman–Crippen LogP) is 4.17. The third-order valence-corrected chi connectivity index (χ3v) is 6.91. The first kappa shape index (κ1) is 22.9. The third-order valence-electron chi connectivity index (χ3n) is 5.30. The highest BCUT2D eigenvalue weighted by Crippen LogP contribution is 2.13. The first-order valence-corrected chi connectivity index (χ1v) is 12.5. The minimum absolute atomic E-state index is 0.248. The summed E-state index contributed by atoms with van der Waals surface area (Å²) >= 11 is 0. The molecular formula is C20H41NO3S. The highest BCUT2D eigenvalue weighted by atomic mass is 32.2. The lowest BCUT2D eigenvalue weighted by Gasteiger charge is -2.28. The van der Waals surface area contributed by atoms with E-state index in [2.05, 4.69) is 11.8 Å². The Morgan fingerprint density at radius 3 is 1.72 bits per heavy atom. The van der Waals surface area contributed by atoms with Gasteiger partial charge in [0.25, 0.3) is 0 Å².